The minimum atomic E-state index is 0.593. The lowest BCUT2D eigenvalue weighted by Gasteiger charge is -1.92. The van der Waals surface area contributed by atoms with Crippen LogP contribution in [0.5, 0.6) is 0 Å². The third-order valence-corrected chi connectivity index (χ3v) is 0.658. The highest BCUT2D eigenvalue weighted by molar-refractivity contribution is 5.56. The lowest BCUT2D eigenvalue weighted by atomic mass is 10.2. The van der Waals surface area contributed by atoms with Gasteiger partial charge < -0.3 is 5.21 Å². The van der Waals surface area contributed by atoms with E-state index in [1.807, 2.05) is 0 Å². The SMILES string of the molecule is CC(C)CC=NO. The first-order valence-electron chi connectivity index (χ1n) is 2.43. The predicted octanol–water partition coefficient (Wildman–Crippen LogP) is 1.49. The number of rotatable bonds is 2. The molecule has 2 nitrogen and oxygen atoms in total. The maximum atomic E-state index is 7.88. The van der Waals surface area contributed by atoms with E-state index in [0.29, 0.717) is 5.92 Å². The summed E-state index contributed by atoms with van der Waals surface area (Å²) in [7, 11) is 0. The van der Waals surface area contributed by atoms with Gasteiger partial charge in [0.05, 0.1) is 0 Å². The molecule has 2 heteroatoms. The molecule has 0 saturated heterocycles. The van der Waals surface area contributed by atoms with Gasteiger partial charge in [-0.15, -0.1) is 5.16 Å². The lowest BCUT2D eigenvalue weighted by molar-refractivity contribution is 0.319. The maximum absolute atomic E-state index is 7.88. The molecule has 0 saturated carbocycles. The Morgan fingerprint density at radius 1 is 1.71 bits per heavy atom. The molecule has 0 radical (unpaired) electrons. The normalized spacial score (nSPS) is 11.3. The zero-order chi connectivity index (χ0) is 5.70. The Morgan fingerprint density at radius 3 is 2.43 bits per heavy atom. The molecule has 0 aromatic heterocycles. The van der Waals surface area contributed by atoms with E-state index >= 15 is 0 Å². The van der Waals surface area contributed by atoms with Gasteiger partial charge in [0.2, 0.25) is 0 Å². The second kappa shape index (κ2) is 3.65. The zero-order valence-corrected chi connectivity index (χ0v) is 4.76. The van der Waals surface area contributed by atoms with Crippen molar-refractivity contribution in [2.45, 2.75) is 20.3 Å². The van der Waals surface area contributed by atoms with E-state index in [9.17, 15) is 0 Å². The van der Waals surface area contributed by atoms with E-state index in [0.717, 1.165) is 6.42 Å². The Morgan fingerprint density at radius 2 is 2.29 bits per heavy atom. The van der Waals surface area contributed by atoms with Crippen LogP contribution in [0, 0.1) is 5.92 Å². The van der Waals surface area contributed by atoms with Crippen molar-refractivity contribution in [2.75, 3.05) is 0 Å². The molecule has 42 valence electrons. The summed E-state index contributed by atoms with van der Waals surface area (Å²) in [6.07, 6.45) is 2.36. The fraction of sp³-hybridized carbons (Fsp3) is 0.800. The molecule has 0 aliphatic carbocycles. The maximum Gasteiger partial charge on any atom is 0.0438 e. The smallest absolute Gasteiger partial charge is 0.0438 e. The minimum Gasteiger partial charge on any atom is -0.411 e. The molecule has 0 unspecified atom stereocenters. The Kier molecular flexibility index (Phi) is 3.38. The van der Waals surface area contributed by atoms with E-state index in [4.69, 9.17) is 5.21 Å². The van der Waals surface area contributed by atoms with Gasteiger partial charge in [0, 0.05) is 6.21 Å². The highest BCUT2D eigenvalue weighted by Crippen LogP contribution is 1.93. The molecular formula is C5H11NO. The van der Waals surface area contributed by atoms with E-state index in [1.54, 1.807) is 0 Å². The first kappa shape index (κ1) is 6.47. The second-order valence-corrected chi connectivity index (χ2v) is 1.93. The van der Waals surface area contributed by atoms with Crippen LogP contribution in [0.15, 0.2) is 5.16 Å². The highest BCUT2D eigenvalue weighted by atomic mass is 16.4. The van der Waals surface area contributed by atoms with Crippen molar-refractivity contribution < 1.29 is 5.21 Å². The van der Waals surface area contributed by atoms with Gasteiger partial charge in [-0.2, -0.15) is 0 Å². The molecular weight excluding hydrogens is 90.1 g/mol. The molecule has 0 aliphatic heterocycles. The van der Waals surface area contributed by atoms with Gasteiger partial charge >= 0.3 is 0 Å². The topological polar surface area (TPSA) is 32.6 Å². The van der Waals surface area contributed by atoms with Gasteiger partial charge in [-0.3, -0.25) is 0 Å². The molecule has 0 atom stereocenters. The molecule has 0 bridgehead atoms. The number of hydrogen-bond acceptors (Lipinski definition) is 2. The third kappa shape index (κ3) is 5.47. The van der Waals surface area contributed by atoms with Gasteiger partial charge in [0.1, 0.15) is 0 Å². The first-order chi connectivity index (χ1) is 3.27. The summed E-state index contributed by atoms with van der Waals surface area (Å²) in [4.78, 5) is 0. The molecule has 0 aliphatic rings. The molecule has 0 spiro atoms. The van der Waals surface area contributed by atoms with Crippen LogP contribution in [-0.4, -0.2) is 11.4 Å². The number of hydrogen-bond donors (Lipinski definition) is 1. The quantitative estimate of drug-likeness (QED) is 0.319. The van der Waals surface area contributed by atoms with Gasteiger partial charge in [0.25, 0.3) is 0 Å². The van der Waals surface area contributed by atoms with Crippen LogP contribution >= 0.6 is 0 Å². The second-order valence-electron chi connectivity index (χ2n) is 1.93. The van der Waals surface area contributed by atoms with Crippen molar-refractivity contribution in [1.29, 1.82) is 0 Å². The third-order valence-electron chi connectivity index (χ3n) is 0.658. The van der Waals surface area contributed by atoms with Crippen LogP contribution in [0.2, 0.25) is 0 Å². The highest BCUT2D eigenvalue weighted by Gasteiger charge is 1.85. The van der Waals surface area contributed by atoms with Crippen LogP contribution < -0.4 is 0 Å². The number of oxime groups is 1. The van der Waals surface area contributed by atoms with Crippen molar-refractivity contribution in [3.8, 4) is 0 Å². The van der Waals surface area contributed by atoms with E-state index in [-0.39, 0.29) is 0 Å². The van der Waals surface area contributed by atoms with Crippen LogP contribution in [0.3, 0.4) is 0 Å². The summed E-state index contributed by atoms with van der Waals surface area (Å²) in [5, 5.41) is 10.7. The summed E-state index contributed by atoms with van der Waals surface area (Å²) in [6.45, 7) is 4.14. The molecule has 1 N–H and O–H groups in total. The molecule has 0 aromatic carbocycles. The summed E-state index contributed by atoms with van der Waals surface area (Å²) in [5.74, 6) is 0.593. The van der Waals surface area contributed by atoms with Gasteiger partial charge in [-0.1, -0.05) is 13.8 Å². The van der Waals surface area contributed by atoms with E-state index < -0.39 is 0 Å². The Balaban J connectivity index is 2.97. The molecule has 0 amide bonds. The van der Waals surface area contributed by atoms with Crippen molar-refractivity contribution in [2.24, 2.45) is 11.1 Å². The Hall–Kier alpha value is -0.530. The van der Waals surface area contributed by atoms with Crippen molar-refractivity contribution >= 4 is 6.21 Å². The van der Waals surface area contributed by atoms with Crippen molar-refractivity contribution in [1.82, 2.24) is 0 Å². The lowest BCUT2D eigenvalue weighted by Crippen LogP contribution is -1.85. The van der Waals surface area contributed by atoms with Crippen molar-refractivity contribution in [3.05, 3.63) is 0 Å². The monoisotopic (exact) mass is 101 g/mol. The summed E-state index contributed by atoms with van der Waals surface area (Å²) in [6, 6.07) is 0. The standard InChI is InChI=1S/C5H11NO/c1-5(2)3-4-6-7/h4-5,7H,3H2,1-2H3. The fourth-order valence-electron chi connectivity index (χ4n) is 0.258. The summed E-state index contributed by atoms with van der Waals surface area (Å²) >= 11 is 0. The van der Waals surface area contributed by atoms with E-state index in [1.165, 1.54) is 6.21 Å². The summed E-state index contributed by atoms with van der Waals surface area (Å²) < 4.78 is 0. The average Bonchev–Trinajstić information content (AvgIpc) is 1.61. The molecule has 0 rings (SSSR count). The minimum absolute atomic E-state index is 0.593. The zero-order valence-electron chi connectivity index (χ0n) is 4.76. The average molecular weight is 101 g/mol. The molecule has 0 fully saturated rings. The molecule has 7 heavy (non-hydrogen) atoms. The van der Waals surface area contributed by atoms with Crippen LogP contribution in [-0.2, 0) is 0 Å². The van der Waals surface area contributed by atoms with Crippen molar-refractivity contribution in [3.63, 3.8) is 0 Å². The Bertz CT molecular complexity index is 59.1. The first-order valence-corrected chi connectivity index (χ1v) is 2.43. The largest absolute Gasteiger partial charge is 0.411 e. The van der Waals surface area contributed by atoms with Gasteiger partial charge in [-0.25, -0.2) is 0 Å². The van der Waals surface area contributed by atoms with Crippen LogP contribution in [0.25, 0.3) is 0 Å². The Labute approximate surface area is 43.8 Å². The fourth-order valence-corrected chi connectivity index (χ4v) is 0.258. The van der Waals surface area contributed by atoms with E-state index in [2.05, 4.69) is 19.0 Å². The van der Waals surface area contributed by atoms with Crippen LogP contribution in [0.1, 0.15) is 20.3 Å². The van der Waals surface area contributed by atoms with Crippen LogP contribution in [0.4, 0.5) is 0 Å². The summed E-state index contributed by atoms with van der Waals surface area (Å²) in [5.41, 5.74) is 0. The molecule has 0 heterocycles. The number of nitrogens with zero attached hydrogens (tertiary/aromatic N) is 1. The van der Waals surface area contributed by atoms with Gasteiger partial charge in [-0.05, 0) is 12.3 Å². The predicted molar refractivity (Wildman–Crippen MR) is 29.7 cm³/mol. The molecule has 0 aromatic rings. The van der Waals surface area contributed by atoms with Gasteiger partial charge in [0.15, 0.2) is 0 Å².